The summed E-state index contributed by atoms with van der Waals surface area (Å²) < 4.78 is 7.06. The number of aromatic nitrogens is 1. The van der Waals surface area contributed by atoms with Crippen LogP contribution in [-0.2, 0) is 6.54 Å². The lowest BCUT2D eigenvalue weighted by Crippen LogP contribution is -3.00. The van der Waals surface area contributed by atoms with E-state index in [9.17, 15) is 10.1 Å². The van der Waals surface area contributed by atoms with E-state index < -0.39 is 4.92 Å². The molecule has 1 aromatic carbocycles. The van der Waals surface area contributed by atoms with Crippen LogP contribution in [0.2, 0.25) is 0 Å². The van der Waals surface area contributed by atoms with Crippen molar-refractivity contribution in [3.63, 3.8) is 0 Å². The van der Waals surface area contributed by atoms with Gasteiger partial charge in [-0.05, 0) is 29.3 Å². The molecule has 6 heteroatoms. The standard InChI is InChI=1S/C15H15N2O3.BrH/c1-3-8-16-9-6-12(7-10-16)13-4-5-14(17(18)19)15(11-13)20-2;/h3-7,9-11H,1,8H2,2H3;1H/q+1;/p-1. The van der Waals surface area contributed by atoms with E-state index in [-0.39, 0.29) is 28.4 Å². The Hall–Kier alpha value is -2.21. The van der Waals surface area contributed by atoms with Crippen LogP contribution in [0.4, 0.5) is 5.69 Å². The van der Waals surface area contributed by atoms with Gasteiger partial charge in [-0.1, -0.05) is 6.58 Å². The maximum absolute atomic E-state index is 10.9. The van der Waals surface area contributed by atoms with E-state index in [4.69, 9.17) is 4.74 Å². The highest BCUT2D eigenvalue weighted by atomic mass is 79.9. The molecule has 0 aliphatic heterocycles. The number of nitrogens with zero attached hydrogens (tertiary/aromatic N) is 2. The van der Waals surface area contributed by atoms with E-state index in [2.05, 4.69) is 6.58 Å². The van der Waals surface area contributed by atoms with Gasteiger partial charge >= 0.3 is 5.69 Å². The zero-order chi connectivity index (χ0) is 14.5. The van der Waals surface area contributed by atoms with Gasteiger partial charge in [0.2, 0.25) is 0 Å². The number of methoxy groups -OCH3 is 1. The summed E-state index contributed by atoms with van der Waals surface area (Å²) in [7, 11) is 1.43. The van der Waals surface area contributed by atoms with Gasteiger partial charge in [-0.15, -0.1) is 0 Å². The zero-order valence-electron chi connectivity index (χ0n) is 11.5. The molecule has 0 saturated carbocycles. The van der Waals surface area contributed by atoms with E-state index >= 15 is 0 Å². The largest absolute Gasteiger partial charge is 1.00 e. The van der Waals surface area contributed by atoms with Gasteiger partial charge in [0.05, 0.1) is 12.0 Å². The van der Waals surface area contributed by atoms with Crippen molar-refractivity contribution in [1.82, 2.24) is 0 Å². The van der Waals surface area contributed by atoms with Crippen LogP contribution >= 0.6 is 0 Å². The van der Waals surface area contributed by atoms with Crippen LogP contribution in [0.3, 0.4) is 0 Å². The lowest BCUT2D eigenvalue weighted by molar-refractivity contribution is -0.686. The molecule has 110 valence electrons. The van der Waals surface area contributed by atoms with E-state index in [1.807, 2.05) is 35.2 Å². The number of nitro benzene ring substituents is 1. The van der Waals surface area contributed by atoms with E-state index in [1.54, 1.807) is 12.1 Å². The number of pyridine rings is 1. The first kappa shape index (κ1) is 16.8. The number of ether oxygens (including phenoxy) is 1. The van der Waals surface area contributed by atoms with Crippen LogP contribution in [0.25, 0.3) is 11.1 Å². The maximum atomic E-state index is 10.9. The topological polar surface area (TPSA) is 56.2 Å². The second-order valence-electron chi connectivity index (χ2n) is 4.22. The normalized spacial score (nSPS) is 9.57. The molecule has 0 aliphatic carbocycles. The Labute approximate surface area is 133 Å². The summed E-state index contributed by atoms with van der Waals surface area (Å²) in [6.07, 6.45) is 5.68. The average molecular weight is 351 g/mol. The lowest BCUT2D eigenvalue weighted by Gasteiger charge is -2.05. The molecule has 0 atom stereocenters. The Morgan fingerprint density at radius 3 is 2.48 bits per heavy atom. The van der Waals surface area contributed by atoms with Crippen molar-refractivity contribution in [3.8, 4) is 16.9 Å². The highest BCUT2D eigenvalue weighted by Crippen LogP contribution is 2.31. The van der Waals surface area contributed by atoms with Crippen molar-refractivity contribution >= 4 is 5.69 Å². The fraction of sp³-hybridized carbons (Fsp3) is 0.133. The molecular formula is C15H15BrN2O3. The molecule has 21 heavy (non-hydrogen) atoms. The van der Waals surface area contributed by atoms with Gasteiger partial charge in [0.1, 0.15) is 0 Å². The number of hydrogen-bond donors (Lipinski definition) is 0. The number of benzene rings is 1. The van der Waals surface area contributed by atoms with Gasteiger partial charge in [-0.2, -0.15) is 0 Å². The first-order chi connectivity index (χ1) is 9.65. The van der Waals surface area contributed by atoms with E-state index in [1.165, 1.54) is 13.2 Å². The minimum atomic E-state index is -0.453. The van der Waals surface area contributed by atoms with E-state index in [0.29, 0.717) is 0 Å². The Morgan fingerprint density at radius 1 is 1.29 bits per heavy atom. The van der Waals surface area contributed by atoms with Crippen molar-refractivity contribution in [2.45, 2.75) is 6.54 Å². The Balaban J connectivity index is 0.00000220. The van der Waals surface area contributed by atoms with Crippen LogP contribution in [0.5, 0.6) is 5.75 Å². The fourth-order valence-corrected chi connectivity index (χ4v) is 1.93. The number of nitro groups is 1. The third kappa shape index (κ3) is 3.88. The first-order valence-corrected chi connectivity index (χ1v) is 6.08. The molecule has 5 nitrogen and oxygen atoms in total. The molecular weight excluding hydrogens is 336 g/mol. The molecule has 0 fully saturated rings. The number of rotatable bonds is 5. The van der Waals surface area contributed by atoms with Crippen molar-refractivity contribution < 1.29 is 31.2 Å². The van der Waals surface area contributed by atoms with Crippen LogP contribution in [0, 0.1) is 10.1 Å². The molecule has 0 spiro atoms. The van der Waals surface area contributed by atoms with Crippen LogP contribution in [0.15, 0.2) is 55.4 Å². The van der Waals surface area contributed by atoms with Crippen molar-refractivity contribution in [2.75, 3.05) is 7.11 Å². The summed E-state index contributed by atoms with van der Waals surface area (Å²) in [5.41, 5.74) is 1.81. The van der Waals surface area contributed by atoms with Gasteiger partial charge in [-0.25, -0.2) is 4.57 Å². The fourth-order valence-electron chi connectivity index (χ4n) is 1.93. The predicted molar refractivity (Wildman–Crippen MR) is 75.5 cm³/mol. The maximum Gasteiger partial charge on any atom is 0.310 e. The number of halogens is 1. The summed E-state index contributed by atoms with van der Waals surface area (Å²) >= 11 is 0. The minimum Gasteiger partial charge on any atom is -1.00 e. The zero-order valence-corrected chi connectivity index (χ0v) is 13.1. The van der Waals surface area contributed by atoms with Gasteiger partial charge in [0.25, 0.3) is 0 Å². The molecule has 0 bridgehead atoms. The molecule has 2 rings (SSSR count). The van der Waals surface area contributed by atoms with Crippen molar-refractivity contribution in [2.24, 2.45) is 0 Å². The SMILES string of the molecule is C=CC[n+]1ccc(-c2ccc([N+](=O)[O-])c(OC)c2)cc1.[Br-]. The molecule has 2 aromatic rings. The van der Waals surface area contributed by atoms with Gasteiger partial charge < -0.3 is 21.7 Å². The third-order valence-electron chi connectivity index (χ3n) is 2.94. The Bertz CT molecular complexity index is 642. The molecule has 1 aromatic heterocycles. The first-order valence-electron chi connectivity index (χ1n) is 6.08. The summed E-state index contributed by atoms with van der Waals surface area (Å²) in [6.45, 7) is 4.42. The van der Waals surface area contributed by atoms with Crippen LogP contribution in [0.1, 0.15) is 0 Å². The highest BCUT2D eigenvalue weighted by molar-refractivity contribution is 5.67. The molecule has 0 N–H and O–H groups in total. The number of allylic oxidation sites excluding steroid dienone is 1. The molecule has 0 radical (unpaired) electrons. The molecule has 0 aliphatic rings. The van der Waals surface area contributed by atoms with Gasteiger partial charge in [-0.3, -0.25) is 10.1 Å². The second-order valence-corrected chi connectivity index (χ2v) is 4.22. The average Bonchev–Trinajstić information content (AvgIpc) is 2.47. The Morgan fingerprint density at radius 2 is 1.95 bits per heavy atom. The van der Waals surface area contributed by atoms with E-state index in [0.717, 1.165) is 17.7 Å². The predicted octanol–water partition coefficient (Wildman–Crippen LogP) is -0.252. The van der Waals surface area contributed by atoms with Crippen molar-refractivity contribution in [1.29, 1.82) is 0 Å². The molecule has 0 unspecified atom stereocenters. The summed E-state index contributed by atoms with van der Waals surface area (Å²) in [4.78, 5) is 10.4. The van der Waals surface area contributed by atoms with Crippen LogP contribution in [-0.4, -0.2) is 12.0 Å². The highest BCUT2D eigenvalue weighted by Gasteiger charge is 2.15. The second kappa shape index (κ2) is 7.54. The minimum absolute atomic E-state index is 0. The molecule has 0 amide bonds. The number of hydrogen-bond acceptors (Lipinski definition) is 3. The van der Waals surface area contributed by atoms with Crippen LogP contribution < -0.4 is 26.3 Å². The quantitative estimate of drug-likeness (QED) is 0.323. The molecule has 1 heterocycles. The smallest absolute Gasteiger partial charge is 0.310 e. The third-order valence-corrected chi connectivity index (χ3v) is 2.94. The van der Waals surface area contributed by atoms with Crippen molar-refractivity contribution in [3.05, 3.63) is 65.5 Å². The monoisotopic (exact) mass is 350 g/mol. The summed E-state index contributed by atoms with van der Waals surface area (Å²) in [5.74, 6) is 0.260. The van der Waals surface area contributed by atoms with Gasteiger partial charge in [0.15, 0.2) is 24.7 Å². The Kier molecular flexibility index (Phi) is 6.05. The lowest BCUT2D eigenvalue weighted by atomic mass is 10.1. The summed E-state index contributed by atoms with van der Waals surface area (Å²) in [5, 5.41) is 10.9. The summed E-state index contributed by atoms with van der Waals surface area (Å²) in [6, 6.07) is 8.74. The van der Waals surface area contributed by atoms with Gasteiger partial charge in [0, 0.05) is 18.2 Å². The molecule has 0 saturated heterocycles.